The Labute approximate surface area is 201 Å². The van der Waals surface area contributed by atoms with Gasteiger partial charge in [-0.05, 0) is 41.1 Å². The SMILES string of the molecule is Cc1cc(C(F)(F)F)n2nc(C(=O)Nc3nn(Cc4c(F)cccc4Cl)cc3Br)c(Cl)c2n1. The molecule has 3 aromatic heterocycles. The number of aromatic nitrogens is 5. The van der Waals surface area contributed by atoms with Gasteiger partial charge in [-0.15, -0.1) is 0 Å². The zero-order valence-corrected chi connectivity index (χ0v) is 19.5. The van der Waals surface area contributed by atoms with E-state index in [9.17, 15) is 22.4 Å². The van der Waals surface area contributed by atoms with Crippen molar-refractivity contribution in [1.29, 1.82) is 0 Å². The Morgan fingerprint density at radius 3 is 2.64 bits per heavy atom. The van der Waals surface area contributed by atoms with Gasteiger partial charge in [0.25, 0.3) is 5.91 Å². The van der Waals surface area contributed by atoms with Gasteiger partial charge in [0.15, 0.2) is 17.2 Å². The van der Waals surface area contributed by atoms with Crippen LogP contribution in [0.15, 0.2) is 34.9 Å². The van der Waals surface area contributed by atoms with Crippen molar-refractivity contribution in [2.75, 3.05) is 5.32 Å². The second-order valence-electron chi connectivity index (χ2n) is 6.86. The molecule has 33 heavy (non-hydrogen) atoms. The van der Waals surface area contributed by atoms with Crippen LogP contribution >= 0.6 is 39.1 Å². The van der Waals surface area contributed by atoms with Gasteiger partial charge in [0.1, 0.15) is 16.5 Å². The molecule has 0 aliphatic rings. The molecule has 0 saturated carbocycles. The number of carbonyl (C=O) groups is 1. The number of nitrogens with one attached hydrogen (secondary N) is 1. The Balaban J connectivity index is 1.65. The minimum absolute atomic E-state index is 0.0146. The van der Waals surface area contributed by atoms with E-state index in [0.717, 1.165) is 6.07 Å². The van der Waals surface area contributed by atoms with Crippen molar-refractivity contribution >= 4 is 56.5 Å². The number of nitrogens with zero attached hydrogens (tertiary/aromatic N) is 5. The lowest BCUT2D eigenvalue weighted by Crippen LogP contribution is -2.16. The Morgan fingerprint density at radius 1 is 1.24 bits per heavy atom. The lowest BCUT2D eigenvalue weighted by molar-refractivity contribution is -0.142. The van der Waals surface area contributed by atoms with Gasteiger partial charge < -0.3 is 5.32 Å². The molecule has 172 valence electrons. The number of halogens is 7. The zero-order chi connectivity index (χ0) is 24.1. The first-order valence-electron chi connectivity index (χ1n) is 9.06. The quantitative estimate of drug-likeness (QED) is 0.319. The first-order chi connectivity index (χ1) is 15.5. The third kappa shape index (κ3) is 4.55. The number of aryl methyl sites for hydroxylation is 1. The van der Waals surface area contributed by atoms with Crippen LogP contribution in [0.2, 0.25) is 10.0 Å². The number of carbonyl (C=O) groups excluding carboxylic acids is 1. The summed E-state index contributed by atoms with van der Waals surface area (Å²) in [5.74, 6) is -1.42. The highest BCUT2D eigenvalue weighted by molar-refractivity contribution is 9.10. The molecule has 0 unspecified atom stereocenters. The third-order valence-corrected chi connectivity index (χ3v) is 5.78. The van der Waals surface area contributed by atoms with Crippen molar-refractivity contribution in [1.82, 2.24) is 24.4 Å². The Hall–Kier alpha value is -2.70. The van der Waals surface area contributed by atoms with Crippen molar-refractivity contribution in [3.63, 3.8) is 0 Å². The third-order valence-electron chi connectivity index (χ3n) is 4.50. The highest BCUT2D eigenvalue weighted by Crippen LogP contribution is 2.32. The Kier molecular flexibility index (Phi) is 6.10. The standard InChI is InChI=1S/C19H11BrCl2F4N6O/c1-8-5-13(19(24,25)26)32-17(27-8)14(22)15(29-32)18(33)28-16-10(20)7-31(30-16)6-9-11(21)3-2-4-12(9)23/h2-5,7H,6H2,1H3,(H,28,30,33). The summed E-state index contributed by atoms with van der Waals surface area (Å²) in [6.45, 7) is 1.33. The Morgan fingerprint density at radius 2 is 1.97 bits per heavy atom. The number of fused-ring (bicyclic) bond motifs is 1. The van der Waals surface area contributed by atoms with E-state index in [0.29, 0.717) is 8.99 Å². The summed E-state index contributed by atoms with van der Waals surface area (Å²) in [6.07, 6.45) is -3.28. The van der Waals surface area contributed by atoms with Crippen LogP contribution in [0, 0.1) is 12.7 Å². The van der Waals surface area contributed by atoms with Gasteiger partial charge >= 0.3 is 6.18 Å². The average Bonchev–Trinajstić information content (AvgIpc) is 3.23. The van der Waals surface area contributed by atoms with E-state index < -0.39 is 29.3 Å². The molecule has 3 heterocycles. The van der Waals surface area contributed by atoms with Gasteiger partial charge in [-0.2, -0.15) is 23.4 Å². The molecule has 0 aliphatic carbocycles. The van der Waals surface area contributed by atoms with E-state index in [1.807, 2.05) is 0 Å². The first kappa shape index (κ1) is 23.5. The van der Waals surface area contributed by atoms with Gasteiger partial charge in [0.2, 0.25) is 0 Å². The molecule has 1 amide bonds. The van der Waals surface area contributed by atoms with E-state index in [1.54, 1.807) is 0 Å². The smallest absolute Gasteiger partial charge is 0.303 e. The molecular weight excluding hydrogens is 555 g/mol. The van der Waals surface area contributed by atoms with Crippen LogP contribution in [0.1, 0.15) is 27.4 Å². The lowest BCUT2D eigenvalue weighted by atomic mass is 10.2. The van der Waals surface area contributed by atoms with Crippen LogP contribution < -0.4 is 5.32 Å². The molecular formula is C19H11BrCl2F4N6O. The molecule has 4 aromatic rings. The van der Waals surface area contributed by atoms with Gasteiger partial charge in [0.05, 0.1) is 11.0 Å². The maximum atomic E-state index is 14.0. The van der Waals surface area contributed by atoms with E-state index >= 15 is 0 Å². The number of anilines is 1. The summed E-state index contributed by atoms with van der Waals surface area (Å²) in [4.78, 5) is 16.7. The summed E-state index contributed by atoms with van der Waals surface area (Å²) in [6, 6.07) is 5.03. The maximum Gasteiger partial charge on any atom is 0.433 e. The van der Waals surface area contributed by atoms with Crippen molar-refractivity contribution in [2.45, 2.75) is 19.6 Å². The topological polar surface area (TPSA) is 77.1 Å². The fourth-order valence-electron chi connectivity index (χ4n) is 3.03. The summed E-state index contributed by atoms with van der Waals surface area (Å²) in [7, 11) is 0. The Bertz CT molecular complexity index is 1380. The minimum Gasteiger partial charge on any atom is -0.303 e. The molecule has 7 nitrogen and oxygen atoms in total. The van der Waals surface area contributed by atoms with Gasteiger partial charge in [-0.1, -0.05) is 29.3 Å². The van der Waals surface area contributed by atoms with Crippen molar-refractivity contribution in [3.8, 4) is 0 Å². The normalized spacial score (nSPS) is 11.9. The van der Waals surface area contributed by atoms with Crippen LogP contribution in [-0.2, 0) is 12.7 Å². The molecule has 4 rings (SSSR count). The predicted octanol–water partition coefficient (Wildman–Crippen LogP) is 5.76. The molecule has 0 radical (unpaired) electrons. The molecule has 0 atom stereocenters. The monoisotopic (exact) mass is 564 g/mol. The average molecular weight is 566 g/mol. The second-order valence-corrected chi connectivity index (χ2v) is 8.50. The van der Waals surface area contributed by atoms with Gasteiger partial charge in [-0.3, -0.25) is 9.48 Å². The van der Waals surface area contributed by atoms with Crippen LogP contribution in [0.25, 0.3) is 5.65 Å². The number of rotatable bonds is 4. The molecule has 1 N–H and O–H groups in total. The number of amides is 1. The maximum absolute atomic E-state index is 14.0. The minimum atomic E-state index is -4.75. The molecule has 0 bridgehead atoms. The number of hydrogen-bond donors (Lipinski definition) is 1. The van der Waals surface area contributed by atoms with Gasteiger partial charge in [-0.25, -0.2) is 13.9 Å². The van der Waals surface area contributed by atoms with Crippen LogP contribution in [-0.4, -0.2) is 30.3 Å². The van der Waals surface area contributed by atoms with Crippen molar-refractivity contribution in [2.24, 2.45) is 0 Å². The van der Waals surface area contributed by atoms with E-state index in [4.69, 9.17) is 23.2 Å². The van der Waals surface area contributed by atoms with E-state index in [2.05, 4.69) is 36.4 Å². The number of benzene rings is 1. The van der Waals surface area contributed by atoms with Crippen molar-refractivity contribution < 1.29 is 22.4 Å². The zero-order valence-electron chi connectivity index (χ0n) is 16.4. The highest BCUT2D eigenvalue weighted by Gasteiger charge is 2.36. The summed E-state index contributed by atoms with van der Waals surface area (Å²) >= 11 is 15.4. The molecule has 0 saturated heterocycles. The van der Waals surface area contributed by atoms with Crippen LogP contribution in [0.4, 0.5) is 23.4 Å². The molecule has 1 aromatic carbocycles. The summed E-state index contributed by atoms with van der Waals surface area (Å²) in [5.41, 5.74) is -1.67. The highest BCUT2D eigenvalue weighted by atomic mass is 79.9. The first-order valence-corrected chi connectivity index (χ1v) is 10.6. The molecule has 0 spiro atoms. The van der Waals surface area contributed by atoms with Gasteiger partial charge in [0, 0.05) is 22.5 Å². The lowest BCUT2D eigenvalue weighted by Gasteiger charge is -2.09. The summed E-state index contributed by atoms with van der Waals surface area (Å²) < 4.78 is 56.3. The fraction of sp³-hybridized carbons (Fsp3) is 0.158. The molecule has 0 aliphatic heterocycles. The fourth-order valence-corrected chi connectivity index (χ4v) is 3.92. The summed E-state index contributed by atoms with van der Waals surface area (Å²) in [5, 5.41) is 10.1. The van der Waals surface area contributed by atoms with E-state index in [1.165, 1.54) is 36.0 Å². The molecule has 14 heteroatoms. The van der Waals surface area contributed by atoms with Crippen molar-refractivity contribution in [3.05, 3.63) is 73.4 Å². The molecule has 0 fully saturated rings. The van der Waals surface area contributed by atoms with Crippen LogP contribution in [0.5, 0.6) is 0 Å². The second kappa shape index (κ2) is 8.58. The number of hydrogen-bond acceptors (Lipinski definition) is 4. The number of alkyl halides is 3. The predicted molar refractivity (Wildman–Crippen MR) is 116 cm³/mol. The largest absolute Gasteiger partial charge is 0.433 e. The van der Waals surface area contributed by atoms with Crippen LogP contribution in [0.3, 0.4) is 0 Å². The van der Waals surface area contributed by atoms with E-state index in [-0.39, 0.29) is 39.3 Å².